The average molecular weight is 217 g/mol. The number of hydrogen-bond acceptors (Lipinski definition) is 4. The Bertz CT molecular complexity index is 217. The highest BCUT2D eigenvalue weighted by atomic mass is 16.6. The molecule has 0 aromatic heterocycles. The molecular formula is C10H19NO4. The maximum Gasteiger partial charge on any atom is 0.410 e. The van der Waals surface area contributed by atoms with E-state index in [1.54, 1.807) is 0 Å². The van der Waals surface area contributed by atoms with Gasteiger partial charge in [-0.05, 0) is 18.8 Å². The van der Waals surface area contributed by atoms with Crippen LogP contribution in [0, 0.1) is 5.92 Å². The van der Waals surface area contributed by atoms with E-state index in [1.807, 2.05) is 13.8 Å². The van der Waals surface area contributed by atoms with Gasteiger partial charge in [0.15, 0.2) is 6.29 Å². The van der Waals surface area contributed by atoms with Crippen LogP contribution in [0.25, 0.3) is 0 Å². The number of carbonyl (C=O) groups is 1. The first kappa shape index (κ1) is 12.3. The monoisotopic (exact) mass is 217 g/mol. The van der Waals surface area contributed by atoms with Crippen molar-refractivity contribution in [2.45, 2.75) is 39.0 Å². The van der Waals surface area contributed by atoms with Crippen molar-refractivity contribution < 1.29 is 19.7 Å². The number of likely N-dealkylation sites (tertiary alicyclic amines) is 1. The highest BCUT2D eigenvalue weighted by Gasteiger charge is 2.34. The van der Waals surface area contributed by atoms with Crippen molar-refractivity contribution in [1.82, 2.24) is 4.90 Å². The molecule has 1 amide bonds. The summed E-state index contributed by atoms with van der Waals surface area (Å²) in [6.45, 7) is 4.81. The van der Waals surface area contributed by atoms with E-state index in [4.69, 9.17) is 14.9 Å². The molecule has 0 spiro atoms. The van der Waals surface area contributed by atoms with Crippen molar-refractivity contribution in [2.75, 3.05) is 13.2 Å². The summed E-state index contributed by atoms with van der Waals surface area (Å²) >= 11 is 0. The summed E-state index contributed by atoms with van der Waals surface area (Å²) in [5, 5.41) is 18.1. The zero-order chi connectivity index (χ0) is 11.4. The van der Waals surface area contributed by atoms with Gasteiger partial charge in [-0.2, -0.15) is 0 Å². The van der Waals surface area contributed by atoms with Gasteiger partial charge in [-0.3, -0.25) is 0 Å². The van der Waals surface area contributed by atoms with E-state index in [2.05, 4.69) is 0 Å². The smallest absolute Gasteiger partial charge is 0.410 e. The molecule has 5 heteroatoms. The van der Waals surface area contributed by atoms with Crippen LogP contribution in [0.3, 0.4) is 0 Å². The average Bonchev–Trinajstić information content (AvgIpc) is 2.62. The second-order valence-corrected chi connectivity index (χ2v) is 4.29. The normalized spacial score (nSPS) is 21.5. The maximum atomic E-state index is 11.5. The van der Waals surface area contributed by atoms with Crippen LogP contribution in [0.5, 0.6) is 0 Å². The molecule has 0 aromatic rings. The van der Waals surface area contributed by atoms with Crippen LogP contribution in [0.4, 0.5) is 4.79 Å². The molecule has 0 radical (unpaired) electrons. The van der Waals surface area contributed by atoms with Crippen LogP contribution < -0.4 is 0 Å². The summed E-state index contributed by atoms with van der Waals surface area (Å²) in [5.41, 5.74) is 0. The van der Waals surface area contributed by atoms with Gasteiger partial charge in [0.25, 0.3) is 0 Å². The Hall–Kier alpha value is -0.810. The number of aliphatic hydroxyl groups is 2. The summed E-state index contributed by atoms with van der Waals surface area (Å²) in [5.74, 6) is 0.286. The van der Waals surface area contributed by atoms with Crippen molar-refractivity contribution in [3.8, 4) is 0 Å². The van der Waals surface area contributed by atoms with Crippen LogP contribution >= 0.6 is 0 Å². The van der Waals surface area contributed by atoms with E-state index < -0.39 is 18.4 Å². The van der Waals surface area contributed by atoms with Crippen LogP contribution in [-0.4, -0.2) is 46.7 Å². The highest BCUT2D eigenvalue weighted by molar-refractivity contribution is 5.68. The second-order valence-electron chi connectivity index (χ2n) is 4.29. The summed E-state index contributed by atoms with van der Waals surface area (Å²) in [4.78, 5) is 12.9. The lowest BCUT2D eigenvalue weighted by atomic mass is 10.2. The zero-order valence-electron chi connectivity index (χ0n) is 9.22. The third kappa shape index (κ3) is 3.35. The SMILES string of the molecule is CC(C)COC(=O)N1CCC[C@H]1C(O)O. The number of rotatable bonds is 3. The fraction of sp³-hybridized carbons (Fsp3) is 0.900. The van der Waals surface area contributed by atoms with Gasteiger partial charge in [-0.15, -0.1) is 0 Å². The Labute approximate surface area is 89.6 Å². The number of amides is 1. The number of carbonyl (C=O) groups excluding carboxylic acids is 1. The van der Waals surface area contributed by atoms with Gasteiger partial charge in [0, 0.05) is 6.54 Å². The molecular weight excluding hydrogens is 198 g/mol. The summed E-state index contributed by atoms with van der Waals surface area (Å²) in [6.07, 6.45) is -0.508. The topological polar surface area (TPSA) is 70.0 Å². The number of aliphatic hydroxyl groups excluding tert-OH is 1. The first-order chi connectivity index (χ1) is 7.02. The first-order valence-electron chi connectivity index (χ1n) is 5.32. The highest BCUT2D eigenvalue weighted by Crippen LogP contribution is 2.20. The molecule has 0 bridgehead atoms. The molecule has 15 heavy (non-hydrogen) atoms. The molecule has 1 saturated heterocycles. The molecule has 1 rings (SSSR count). The lowest BCUT2D eigenvalue weighted by Crippen LogP contribution is -2.43. The van der Waals surface area contributed by atoms with E-state index in [0.717, 1.165) is 6.42 Å². The molecule has 0 saturated carbocycles. The Balaban J connectivity index is 2.44. The standard InChI is InChI=1S/C10H19NO4/c1-7(2)6-15-10(14)11-5-3-4-8(11)9(12)13/h7-9,12-13H,3-6H2,1-2H3/t8-/m0/s1. The van der Waals surface area contributed by atoms with Crippen molar-refractivity contribution >= 4 is 6.09 Å². The lowest BCUT2D eigenvalue weighted by molar-refractivity contribution is -0.0873. The van der Waals surface area contributed by atoms with Crippen molar-refractivity contribution in [2.24, 2.45) is 5.92 Å². The van der Waals surface area contributed by atoms with E-state index in [1.165, 1.54) is 4.90 Å². The predicted molar refractivity (Wildman–Crippen MR) is 54.1 cm³/mol. The van der Waals surface area contributed by atoms with Gasteiger partial charge in [-0.1, -0.05) is 13.8 Å². The Kier molecular flexibility index (Phi) is 4.35. The Morgan fingerprint density at radius 2 is 2.20 bits per heavy atom. The first-order valence-corrected chi connectivity index (χ1v) is 5.32. The van der Waals surface area contributed by atoms with E-state index in [-0.39, 0.29) is 5.92 Å². The van der Waals surface area contributed by atoms with Crippen LogP contribution in [0.15, 0.2) is 0 Å². The third-order valence-corrected chi connectivity index (χ3v) is 2.42. The molecule has 1 heterocycles. The van der Waals surface area contributed by atoms with Gasteiger partial charge in [-0.25, -0.2) is 4.79 Å². The van der Waals surface area contributed by atoms with Crippen LogP contribution in [0.2, 0.25) is 0 Å². The Morgan fingerprint density at radius 3 is 2.73 bits per heavy atom. The molecule has 1 fully saturated rings. The number of ether oxygens (including phenoxy) is 1. The molecule has 0 aliphatic carbocycles. The lowest BCUT2D eigenvalue weighted by Gasteiger charge is -2.25. The zero-order valence-corrected chi connectivity index (χ0v) is 9.22. The minimum atomic E-state index is -1.47. The van der Waals surface area contributed by atoms with Gasteiger partial charge < -0.3 is 19.8 Å². The Morgan fingerprint density at radius 1 is 1.53 bits per heavy atom. The molecule has 5 nitrogen and oxygen atoms in total. The molecule has 1 aliphatic heterocycles. The fourth-order valence-corrected chi connectivity index (χ4v) is 1.65. The minimum Gasteiger partial charge on any atom is -0.449 e. The van der Waals surface area contributed by atoms with Crippen molar-refractivity contribution in [3.63, 3.8) is 0 Å². The van der Waals surface area contributed by atoms with Gasteiger partial charge in [0.2, 0.25) is 0 Å². The second kappa shape index (κ2) is 5.32. The quantitative estimate of drug-likeness (QED) is 0.677. The van der Waals surface area contributed by atoms with Crippen LogP contribution in [-0.2, 0) is 4.74 Å². The van der Waals surface area contributed by atoms with Gasteiger partial charge in [0.05, 0.1) is 12.6 Å². The van der Waals surface area contributed by atoms with E-state index in [9.17, 15) is 4.79 Å². The number of nitrogens with zero attached hydrogens (tertiary/aromatic N) is 1. The molecule has 1 atom stereocenters. The van der Waals surface area contributed by atoms with Crippen molar-refractivity contribution in [3.05, 3.63) is 0 Å². The third-order valence-electron chi connectivity index (χ3n) is 2.42. The largest absolute Gasteiger partial charge is 0.449 e. The fourth-order valence-electron chi connectivity index (χ4n) is 1.65. The summed E-state index contributed by atoms with van der Waals surface area (Å²) in [6, 6.07) is -0.510. The van der Waals surface area contributed by atoms with E-state index >= 15 is 0 Å². The van der Waals surface area contributed by atoms with Crippen molar-refractivity contribution in [1.29, 1.82) is 0 Å². The summed E-state index contributed by atoms with van der Waals surface area (Å²) < 4.78 is 5.03. The molecule has 1 aliphatic rings. The van der Waals surface area contributed by atoms with E-state index in [0.29, 0.717) is 19.6 Å². The molecule has 0 unspecified atom stereocenters. The number of hydrogen-bond donors (Lipinski definition) is 2. The minimum absolute atomic E-state index is 0.286. The molecule has 2 N–H and O–H groups in total. The van der Waals surface area contributed by atoms with Gasteiger partial charge >= 0.3 is 6.09 Å². The maximum absolute atomic E-state index is 11.5. The van der Waals surface area contributed by atoms with Crippen LogP contribution in [0.1, 0.15) is 26.7 Å². The summed E-state index contributed by atoms with van der Waals surface area (Å²) in [7, 11) is 0. The predicted octanol–water partition coefficient (Wildman–Crippen LogP) is 0.554. The molecule has 88 valence electrons. The van der Waals surface area contributed by atoms with Gasteiger partial charge in [0.1, 0.15) is 0 Å². The molecule has 0 aromatic carbocycles.